The van der Waals surface area contributed by atoms with E-state index in [0.717, 1.165) is 20.8 Å². The summed E-state index contributed by atoms with van der Waals surface area (Å²) in [7, 11) is 0. The van der Waals surface area contributed by atoms with E-state index in [-0.39, 0.29) is 5.76 Å². The van der Waals surface area contributed by atoms with E-state index in [4.69, 9.17) is 9.52 Å². The zero-order chi connectivity index (χ0) is 14.3. The number of aromatic nitrogens is 2. The molecule has 5 nitrogen and oxygen atoms in total. The highest BCUT2D eigenvalue weighted by Crippen LogP contribution is 2.37. The Morgan fingerprint density at radius 3 is 2.85 bits per heavy atom. The number of aryl methyl sites for hydroxylation is 2. The van der Waals surface area contributed by atoms with Gasteiger partial charge in [-0.25, -0.2) is 14.8 Å². The van der Waals surface area contributed by atoms with Crippen LogP contribution >= 0.6 is 23.1 Å². The lowest BCUT2D eigenvalue weighted by molar-refractivity contribution is 0.0656. The van der Waals surface area contributed by atoms with Crippen LogP contribution in [0.5, 0.6) is 0 Å². The molecule has 0 fully saturated rings. The monoisotopic (exact) mass is 306 g/mol. The van der Waals surface area contributed by atoms with Crippen LogP contribution in [0.3, 0.4) is 0 Å². The normalized spacial score (nSPS) is 11.1. The van der Waals surface area contributed by atoms with E-state index in [1.165, 1.54) is 29.0 Å². The van der Waals surface area contributed by atoms with Crippen molar-refractivity contribution in [1.29, 1.82) is 0 Å². The zero-order valence-corrected chi connectivity index (χ0v) is 12.3. The lowest BCUT2D eigenvalue weighted by Crippen LogP contribution is -1.91. The van der Waals surface area contributed by atoms with Crippen LogP contribution in [0.25, 0.3) is 10.2 Å². The molecule has 0 radical (unpaired) electrons. The molecule has 3 aromatic heterocycles. The Kier molecular flexibility index (Phi) is 3.23. The largest absolute Gasteiger partial charge is 0.475 e. The number of aromatic carboxylic acids is 1. The maximum absolute atomic E-state index is 10.8. The highest BCUT2D eigenvalue weighted by atomic mass is 32.2. The third kappa shape index (κ3) is 2.19. The van der Waals surface area contributed by atoms with Gasteiger partial charge in [-0.05, 0) is 43.3 Å². The van der Waals surface area contributed by atoms with Gasteiger partial charge in [-0.2, -0.15) is 0 Å². The molecule has 0 unspecified atom stereocenters. The Bertz CT molecular complexity index is 807. The Labute approximate surface area is 122 Å². The summed E-state index contributed by atoms with van der Waals surface area (Å²) in [5.74, 6) is -1.15. The summed E-state index contributed by atoms with van der Waals surface area (Å²) in [6.07, 6.45) is 1.51. The van der Waals surface area contributed by atoms with E-state index in [1.54, 1.807) is 17.4 Å². The molecule has 7 heteroatoms. The van der Waals surface area contributed by atoms with Gasteiger partial charge in [0.25, 0.3) is 0 Å². The first-order chi connectivity index (χ1) is 9.56. The molecule has 0 bridgehead atoms. The van der Waals surface area contributed by atoms with Crippen molar-refractivity contribution in [3.05, 3.63) is 34.7 Å². The standard InChI is InChI=1S/C13H10N2O3S2/c1-6-7(2)19-11-10(6)12(15-5-14-11)20-9-4-3-8(18-9)13(16)17/h3-5H,1-2H3,(H,16,17). The summed E-state index contributed by atoms with van der Waals surface area (Å²) in [4.78, 5) is 21.5. The van der Waals surface area contributed by atoms with Crippen molar-refractivity contribution in [2.24, 2.45) is 0 Å². The minimum absolute atomic E-state index is 0.0731. The van der Waals surface area contributed by atoms with Gasteiger partial charge in [-0.15, -0.1) is 11.3 Å². The smallest absolute Gasteiger partial charge is 0.371 e. The maximum atomic E-state index is 10.8. The molecule has 20 heavy (non-hydrogen) atoms. The van der Waals surface area contributed by atoms with Gasteiger partial charge in [0.05, 0.1) is 0 Å². The zero-order valence-electron chi connectivity index (χ0n) is 10.7. The quantitative estimate of drug-likeness (QED) is 0.743. The number of thiophene rings is 1. The SMILES string of the molecule is Cc1sc2ncnc(Sc3ccc(C(=O)O)o3)c2c1C. The number of nitrogens with zero attached hydrogens (tertiary/aromatic N) is 2. The molecular weight excluding hydrogens is 296 g/mol. The first kappa shape index (κ1) is 13.1. The van der Waals surface area contributed by atoms with Crippen LogP contribution in [0.2, 0.25) is 0 Å². The minimum Gasteiger partial charge on any atom is -0.475 e. The number of fused-ring (bicyclic) bond motifs is 1. The number of hydrogen-bond acceptors (Lipinski definition) is 6. The Morgan fingerprint density at radius 2 is 2.15 bits per heavy atom. The van der Waals surface area contributed by atoms with Crippen molar-refractivity contribution in [2.75, 3.05) is 0 Å². The second kappa shape index (κ2) is 4.92. The number of rotatable bonds is 3. The number of hydrogen-bond donors (Lipinski definition) is 1. The predicted molar refractivity (Wildman–Crippen MR) is 76.7 cm³/mol. The highest BCUT2D eigenvalue weighted by molar-refractivity contribution is 7.99. The second-order valence-corrected chi connectivity index (χ2v) is 6.36. The average Bonchev–Trinajstić information content (AvgIpc) is 2.97. The van der Waals surface area contributed by atoms with Crippen molar-refractivity contribution < 1.29 is 14.3 Å². The van der Waals surface area contributed by atoms with Crippen LogP contribution in [0, 0.1) is 13.8 Å². The molecule has 1 N–H and O–H groups in total. The van der Waals surface area contributed by atoms with E-state index in [2.05, 4.69) is 9.97 Å². The lowest BCUT2D eigenvalue weighted by atomic mass is 10.2. The Balaban J connectivity index is 2.03. The predicted octanol–water partition coefficient (Wildman–Crippen LogP) is 3.75. The molecule has 0 amide bonds. The molecule has 0 atom stereocenters. The summed E-state index contributed by atoms with van der Waals surface area (Å²) in [6, 6.07) is 3.07. The molecule has 0 spiro atoms. The Morgan fingerprint density at radius 1 is 1.35 bits per heavy atom. The average molecular weight is 306 g/mol. The lowest BCUT2D eigenvalue weighted by Gasteiger charge is -2.00. The molecule has 0 aliphatic rings. The van der Waals surface area contributed by atoms with Gasteiger partial charge in [-0.1, -0.05) is 0 Å². The van der Waals surface area contributed by atoms with Gasteiger partial charge in [0.2, 0.25) is 5.76 Å². The van der Waals surface area contributed by atoms with E-state index >= 15 is 0 Å². The fourth-order valence-electron chi connectivity index (χ4n) is 1.81. The number of carboxylic acid groups (broad SMARTS) is 1. The van der Waals surface area contributed by atoms with E-state index in [9.17, 15) is 4.79 Å². The highest BCUT2D eigenvalue weighted by Gasteiger charge is 2.15. The number of carboxylic acids is 1. The van der Waals surface area contributed by atoms with E-state index in [0.29, 0.717) is 5.09 Å². The van der Waals surface area contributed by atoms with Gasteiger partial charge in [0.1, 0.15) is 16.2 Å². The van der Waals surface area contributed by atoms with E-state index in [1.807, 2.05) is 13.8 Å². The number of furan rings is 1. The maximum Gasteiger partial charge on any atom is 0.371 e. The topological polar surface area (TPSA) is 76.2 Å². The molecule has 3 aromatic rings. The van der Waals surface area contributed by atoms with Crippen molar-refractivity contribution in [2.45, 2.75) is 24.0 Å². The molecule has 3 rings (SSSR count). The molecule has 102 valence electrons. The van der Waals surface area contributed by atoms with Crippen molar-refractivity contribution in [1.82, 2.24) is 9.97 Å². The van der Waals surface area contributed by atoms with Gasteiger partial charge in [-0.3, -0.25) is 0 Å². The molecule has 3 heterocycles. The van der Waals surface area contributed by atoms with Crippen LogP contribution in [-0.2, 0) is 0 Å². The van der Waals surface area contributed by atoms with Gasteiger partial charge in [0, 0.05) is 10.3 Å². The van der Waals surface area contributed by atoms with Crippen LogP contribution in [0.4, 0.5) is 0 Å². The van der Waals surface area contributed by atoms with Gasteiger partial charge >= 0.3 is 5.97 Å². The molecular formula is C13H10N2O3S2. The molecule has 0 saturated heterocycles. The van der Waals surface area contributed by atoms with E-state index < -0.39 is 5.97 Å². The third-order valence-corrected chi connectivity index (χ3v) is 4.96. The molecule has 0 aliphatic heterocycles. The summed E-state index contributed by atoms with van der Waals surface area (Å²) in [5.41, 5.74) is 1.15. The van der Waals surface area contributed by atoms with Crippen molar-refractivity contribution in [3.63, 3.8) is 0 Å². The molecule has 0 aromatic carbocycles. The minimum atomic E-state index is -1.08. The summed E-state index contributed by atoms with van der Waals surface area (Å²) in [5, 5.41) is 11.2. The second-order valence-electron chi connectivity index (χ2n) is 4.17. The fraction of sp³-hybridized carbons (Fsp3) is 0.154. The summed E-state index contributed by atoms with van der Waals surface area (Å²) >= 11 is 2.93. The molecule has 0 saturated carbocycles. The summed E-state index contributed by atoms with van der Waals surface area (Å²) < 4.78 is 5.25. The third-order valence-electron chi connectivity index (χ3n) is 2.92. The first-order valence-corrected chi connectivity index (χ1v) is 7.41. The van der Waals surface area contributed by atoms with Gasteiger partial charge < -0.3 is 9.52 Å². The van der Waals surface area contributed by atoms with Crippen LogP contribution in [0.15, 0.2) is 33.0 Å². The molecule has 0 aliphatic carbocycles. The Hall–Kier alpha value is -1.86. The van der Waals surface area contributed by atoms with Gasteiger partial charge in [0.15, 0.2) is 5.09 Å². The van der Waals surface area contributed by atoms with Crippen LogP contribution in [-0.4, -0.2) is 21.0 Å². The van der Waals surface area contributed by atoms with Crippen LogP contribution < -0.4 is 0 Å². The summed E-state index contributed by atoms with van der Waals surface area (Å²) in [6.45, 7) is 4.08. The van der Waals surface area contributed by atoms with Crippen molar-refractivity contribution >= 4 is 39.3 Å². The van der Waals surface area contributed by atoms with Crippen LogP contribution in [0.1, 0.15) is 21.0 Å². The first-order valence-electron chi connectivity index (χ1n) is 5.78. The number of carbonyl (C=O) groups is 1. The fourth-order valence-corrected chi connectivity index (χ4v) is 3.78. The van der Waals surface area contributed by atoms with Crippen molar-refractivity contribution in [3.8, 4) is 0 Å².